The summed E-state index contributed by atoms with van der Waals surface area (Å²) in [5.41, 5.74) is 0.926. The first-order chi connectivity index (χ1) is 7.04. The predicted molar refractivity (Wildman–Crippen MR) is 53.7 cm³/mol. The number of nitrogens with two attached hydrogens (primary N) is 1. The molecule has 0 spiro atoms. The Morgan fingerprint density at radius 2 is 2.27 bits per heavy atom. The van der Waals surface area contributed by atoms with E-state index in [-0.39, 0.29) is 5.03 Å². The highest BCUT2D eigenvalue weighted by molar-refractivity contribution is 7.89. The lowest BCUT2D eigenvalue weighted by molar-refractivity contribution is 0.588. The zero-order valence-electron chi connectivity index (χ0n) is 8.08. The van der Waals surface area contributed by atoms with Crippen molar-refractivity contribution in [2.45, 2.75) is 18.4 Å². The largest absolute Gasteiger partial charge is 0.257 e. The van der Waals surface area contributed by atoms with Gasteiger partial charge in [-0.15, -0.1) is 0 Å². The minimum atomic E-state index is -3.79. The van der Waals surface area contributed by atoms with Crippen molar-refractivity contribution >= 4 is 15.7 Å². The van der Waals surface area contributed by atoms with Crippen molar-refractivity contribution in [2.24, 2.45) is 5.14 Å². The molecule has 6 nitrogen and oxygen atoms in total. The zero-order valence-corrected chi connectivity index (χ0v) is 8.90. The van der Waals surface area contributed by atoms with Crippen LogP contribution in [-0.4, -0.2) is 23.0 Å². The van der Waals surface area contributed by atoms with Gasteiger partial charge in [0.25, 0.3) is 10.0 Å². The molecule has 0 fully saturated rings. The zero-order chi connectivity index (χ0) is 11.1. The highest BCUT2D eigenvalue weighted by atomic mass is 32.2. The highest BCUT2D eigenvalue weighted by Gasteiger charge is 2.20. The molecule has 80 valence electrons. The van der Waals surface area contributed by atoms with Gasteiger partial charge in [0.1, 0.15) is 0 Å². The van der Waals surface area contributed by atoms with Gasteiger partial charge in [-0.3, -0.25) is 0 Å². The molecule has 0 aliphatic heterocycles. The Balaban J connectivity index is 2.91. The maximum absolute atomic E-state index is 11.4. The molecule has 0 aliphatic carbocycles. The third-order valence-electron chi connectivity index (χ3n) is 2.02. The van der Waals surface area contributed by atoms with E-state index in [2.05, 4.69) is 10.1 Å². The number of sulfonamides is 1. The van der Waals surface area contributed by atoms with Crippen LogP contribution in [0.25, 0.3) is 5.65 Å². The van der Waals surface area contributed by atoms with Crippen molar-refractivity contribution in [2.75, 3.05) is 0 Å². The maximum atomic E-state index is 11.4. The summed E-state index contributed by atoms with van der Waals surface area (Å²) in [4.78, 5) is 4.14. The summed E-state index contributed by atoms with van der Waals surface area (Å²) in [6.07, 6.45) is 1.98. The molecule has 0 bridgehead atoms. The fourth-order valence-electron chi connectivity index (χ4n) is 1.43. The summed E-state index contributed by atoms with van der Waals surface area (Å²) >= 11 is 0. The Hall–Kier alpha value is -1.47. The Kier molecular flexibility index (Phi) is 2.20. The number of aryl methyl sites for hydroxylation is 1. The van der Waals surface area contributed by atoms with E-state index < -0.39 is 10.0 Å². The number of imidazole rings is 1. The number of hydrogen-bond acceptors (Lipinski definition) is 4. The van der Waals surface area contributed by atoms with Crippen molar-refractivity contribution in [3.63, 3.8) is 0 Å². The third kappa shape index (κ3) is 1.59. The van der Waals surface area contributed by atoms with E-state index in [1.807, 2.05) is 6.92 Å². The molecule has 2 aromatic rings. The van der Waals surface area contributed by atoms with Crippen LogP contribution in [0.15, 0.2) is 23.4 Å². The number of nitrogens with zero attached hydrogens (tertiary/aromatic N) is 3. The standard InChI is InChI=1S/C8H10N4O2S/c1-2-6-8(15(9,13)14)12-7(11-6)4-3-5-10-12/h3-5H,2H2,1H3,(H2,9,13,14). The second-order valence-corrected chi connectivity index (χ2v) is 4.53. The molecule has 0 saturated carbocycles. The van der Waals surface area contributed by atoms with Crippen molar-refractivity contribution in [3.05, 3.63) is 24.0 Å². The molecule has 2 rings (SSSR count). The summed E-state index contributed by atoms with van der Waals surface area (Å²) in [6, 6.07) is 3.37. The van der Waals surface area contributed by atoms with Crippen LogP contribution in [0.5, 0.6) is 0 Å². The Bertz CT molecular complexity index is 602. The Morgan fingerprint density at radius 1 is 1.53 bits per heavy atom. The molecule has 2 N–H and O–H groups in total. The van der Waals surface area contributed by atoms with E-state index in [0.717, 1.165) is 0 Å². The van der Waals surface area contributed by atoms with Crippen LogP contribution in [0.2, 0.25) is 0 Å². The van der Waals surface area contributed by atoms with Gasteiger partial charge in [-0.2, -0.15) is 5.10 Å². The van der Waals surface area contributed by atoms with Crippen LogP contribution in [0.4, 0.5) is 0 Å². The van der Waals surface area contributed by atoms with Crippen LogP contribution in [0.1, 0.15) is 12.6 Å². The lowest BCUT2D eigenvalue weighted by Crippen LogP contribution is -2.17. The quantitative estimate of drug-likeness (QED) is 0.776. The maximum Gasteiger partial charge on any atom is 0.257 e. The number of hydrogen-bond donors (Lipinski definition) is 1. The molecular weight excluding hydrogens is 216 g/mol. The monoisotopic (exact) mass is 226 g/mol. The van der Waals surface area contributed by atoms with Gasteiger partial charge in [0.2, 0.25) is 0 Å². The number of primary sulfonamides is 1. The molecule has 2 aromatic heterocycles. The molecule has 0 unspecified atom stereocenters. The molecule has 7 heteroatoms. The van der Waals surface area contributed by atoms with Crippen LogP contribution >= 0.6 is 0 Å². The van der Waals surface area contributed by atoms with Crippen LogP contribution < -0.4 is 5.14 Å². The average Bonchev–Trinajstić information content (AvgIpc) is 2.54. The summed E-state index contributed by atoms with van der Waals surface area (Å²) in [5, 5.41) is 9.00. The van der Waals surface area contributed by atoms with E-state index in [1.54, 1.807) is 12.1 Å². The van der Waals surface area contributed by atoms with Crippen molar-refractivity contribution < 1.29 is 8.42 Å². The summed E-state index contributed by atoms with van der Waals surface area (Å²) in [5.74, 6) is 0. The average molecular weight is 226 g/mol. The molecular formula is C8H10N4O2S. The number of aromatic nitrogens is 3. The van der Waals surface area contributed by atoms with E-state index in [0.29, 0.717) is 17.8 Å². The first kappa shape index (κ1) is 10.1. The molecule has 0 atom stereocenters. The highest BCUT2D eigenvalue weighted by Crippen LogP contribution is 2.15. The van der Waals surface area contributed by atoms with Gasteiger partial charge in [-0.25, -0.2) is 23.1 Å². The summed E-state index contributed by atoms with van der Waals surface area (Å²) in [7, 11) is -3.79. The molecule has 15 heavy (non-hydrogen) atoms. The first-order valence-corrected chi connectivity index (χ1v) is 5.94. The van der Waals surface area contributed by atoms with Crippen molar-refractivity contribution in [1.82, 2.24) is 14.6 Å². The van der Waals surface area contributed by atoms with Gasteiger partial charge >= 0.3 is 0 Å². The topological polar surface area (TPSA) is 90.3 Å². The molecule has 0 radical (unpaired) electrons. The molecule has 2 heterocycles. The van der Waals surface area contributed by atoms with Crippen molar-refractivity contribution in [3.8, 4) is 0 Å². The van der Waals surface area contributed by atoms with Crippen LogP contribution in [-0.2, 0) is 16.4 Å². The van der Waals surface area contributed by atoms with Crippen LogP contribution in [0.3, 0.4) is 0 Å². The minimum Gasteiger partial charge on any atom is -0.231 e. The van der Waals surface area contributed by atoms with Gasteiger partial charge in [0.05, 0.1) is 5.69 Å². The van der Waals surface area contributed by atoms with Gasteiger partial charge in [0.15, 0.2) is 10.7 Å². The molecule has 0 amide bonds. The van der Waals surface area contributed by atoms with Gasteiger partial charge in [0, 0.05) is 6.20 Å². The summed E-state index contributed by atoms with van der Waals surface area (Å²) in [6.45, 7) is 1.82. The normalized spacial score (nSPS) is 12.1. The van der Waals surface area contributed by atoms with E-state index >= 15 is 0 Å². The predicted octanol–water partition coefficient (Wildman–Crippen LogP) is -0.0609. The van der Waals surface area contributed by atoms with E-state index in [9.17, 15) is 8.42 Å². The fourth-order valence-corrected chi connectivity index (χ4v) is 2.33. The van der Waals surface area contributed by atoms with Gasteiger partial charge in [-0.1, -0.05) is 6.92 Å². The number of rotatable bonds is 2. The lowest BCUT2D eigenvalue weighted by Gasteiger charge is -1.98. The molecule has 0 aromatic carbocycles. The van der Waals surface area contributed by atoms with Crippen molar-refractivity contribution in [1.29, 1.82) is 0 Å². The number of fused-ring (bicyclic) bond motifs is 1. The van der Waals surface area contributed by atoms with E-state index in [1.165, 1.54) is 10.7 Å². The Morgan fingerprint density at radius 3 is 2.87 bits per heavy atom. The molecule has 0 saturated heterocycles. The first-order valence-electron chi connectivity index (χ1n) is 4.39. The molecule has 0 aliphatic rings. The second kappa shape index (κ2) is 3.28. The summed E-state index contributed by atoms with van der Waals surface area (Å²) < 4.78 is 24.0. The fraction of sp³-hybridized carbons (Fsp3) is 0.250. The smallest absolute Gasteiger partial charge is 0.231 e. The van der Waals surface area contributed by atoms with Crippen LogP contribution in [0, 0.1) is 0 Å². The van der Waals surface area contributed by atoms with E-state index in [4.69, 9.17) is 5.14 Å². The van der Waals surface area contributed by atoms with Gasteiger partial charge < -0.3 is 0 Å². The lowest BCUT2D eigenvalue weighted by atomic mass is 10.4. The SMILES string of the molecule is CCc1nc2cccnn2c1S(N)(=O)=O. The van der Waals surface area contributed by atoms with Gasteiger partial charge in [-0.05, 0) is 18.6 Å². The minimum absolute atomic E-state index is 0.0272. The Labute approximate surface area is 86.8 Å². The second-order valence-electron chi connectivity index (χ2n) is 3.06. The third-order valence-corrected chi connectivity index (χ3v) is 2.97.